The van der Waals surface area contributed by atoms with Gasteiger partial charge in [-0.05, 0) is 43.2 Å². The Morgan fingerprint density at radius 2 is 2.17 bits per heavy atom. The fourth-order valence-corrected chi connectivity index (χ4v) is 3.81. The fraction of sp³-hybridized carbons (Fsp3) is 0.368. The number of rotatable bonds is 4. The number of nitrogens with one attached hydrogen (secondary N) is 1. The molecule has 1 aromatic heterocycles. The van der Waals surface area contributed by atoms with E-state index in [0.29, 0.717) is 18.4 Å². The van der Waals surface area contributed by atoms with Gasteiger partial charge < -0.3 is 5.32 Å². The standard InChI is InChI=1S/C19H21N3O/c1-13-4-2-3-5-18(13)22-12-15(11-21-22)10-20-19(23)17-9-14-6-7-16(17)8-14/h2-7,11-12,14,16-17H,8-10H2,1H3,(H,20,23)/t14-,16+,17-/m1/s1. The van der Waals surface area contributed by atoms with Crippen molar-refractivity contribution in [3.05, 3.63) is 59.9 Å². The van der Waals surface area contributed by atoms with Crippen molar-refractivity contribution in [3.8, 4) is 5.69 Å². The summed E-state index contributed by atoms with van der Waals surface area (Å²) in [6.07, 6.45) is 10.5. The van der Waals surface area contributed by atoms with E-state index in [-0.39, 0.29) is 11.8 Å². The van der Waals surface area contributed by atoms with Gasteiger partial charge >= 0.3 is 0 Å². The van der Waals surface area contributed by atoms with Crippen LogP contribution in [0.3, 0.4) is 0 Å². The maximum atomic E-state index is 12.4. The highest BCUT2D eigenvalue weighted by atomic mass is 16.1. The summed E-state index contributed by atoms with van der Waals surface area (Å²) in [5.74, 6) is 1.43. The predicted molar refractivity (Wildman–Crippen MR) is 89.0 cm³/mol. The number of carbonyl (C=O) groups excluding carboxylic acids is 1. The molecule has 0 spiro atoms. The molecule has 0 unspecified atom stereocenters. The first-order valence-corrected chi connectivity index (χ1v) is 8.26. The van der Waals surface area contributed by atoms with Gasteiger partial charge in [0, 0.05) is 24.2 Å². The second kappa shape index (κ2) is 5.69. The molecule has 2 aromatic rings. The number of aryl methyl sites for hydroxylation is 1. The van der Waals surface area contributed by atoms with E-state index in [2.05, 4.69) is 35.6 Å². The molecule has 0 radical (unpaired) electrons. The van der Waals surface area contributed by atoms with Crippen molar-refractivity contribution in [1.82, 2.24) is 15.1 Å². The predicted octanol–water partition coefficient (Wildman–Crippen LogP) is 3.01. The molecule has 1 amide bonds. The van der Waals surface area contributed by atoms with E-state index < -0.39 is 0 Å². The molecule has 0 saturated heterocycles. The van der Waals surface area contributed by atoms with Crippen molar-refractivity contribution in [3.63, 3.8) is 0 Å². The monoisotopic (exact) mass is 307 g/mol. The van der Waals surface area contributed by atoms with Gasteiger partial charge in [0.05, 0.1) is 11.9 Å². The number of nitrogens with zero attached hydrogens (tertiary/aromatic N) is 2. The molecule has 118 valence electrons. The summed E-state index contributed by atoms with van der Waals surface area (Å²) >= 11 is 0. The molecule has 0 aliphatic heterocycles. The van der Waals surface area contributed by atoms with Gasteiger partial charge in [-0.3, -0.25) is 4.79 Å². The van der Waals surface area contributed by atoms with Crippen LogP contribution in [0.25, 0.3) is 5.69 Å². The number of aromatic nitrogens is 2. The average Bonchev–Trinajstić information content (AvgIpc) is 3.29. The molecule has 1 heterocycles. The number of para-hydroxylation sites is 1. The fourth-order valence-electron chi connectivity index (χ4n) is 3.81. The van der Waals surface area contributed by atoms with Gasteiger partial charge in [-0.25, -0.2) is 4.68 Å². The normalized spacial score (nSPS) is 25.0. The van der Waals surface area contributed by atoms with Gasteiger partial charge in [0.1, 0.15) is 0 Å². The lowest BCUT2D eigenvalue weighted by Gasteiger charge is -2.17. The third-order valence-corrected chi connectivity index (χ3v) is 5.08. The molecule has 1 fully saturated rings. The molecular formula is C19H21N3O. The summed E-state index contributed by atoms with van der Waals surface area (Å²) in [6.45, 7) is 2.61. The lowest BCUT2D eigenvalue weighted by atomic mass is 9.93. The quantitative estimate of drug-likeness (QED) is 0.883. The Hall–Kier alpha value is -2.36. The first kappa shape index (κ1) is 14.2. The Morgan fingerprint density at radius 1 is 1.30 bits per heavy atom. The van der Waals surface area contributed by atoms with E-state index in [1.807, 2.05) is 35.3 Å². The molecule has 4 rings (SSSR count). The van der Waals surface area contributed by atoms with E-state index in [1.165, 1.54) is 5.56 Å². The van der Waals surface area contributed by atoms with Crippen molar-refractivity contribution in [2.24, 2.45) is 17.8 Å². The minimum Gasteiger partial charge on any atom is -0.352 e. The molecular weight excluding hydrogens is 286 g/mol. The van der Waals surface area contributed by atoms with E-state index >= 15 is 0 Å². The Morgan fingerprint density at radius 3 is 2.91 bits per heavy atom. The van der Waals surface area contributed by atoms with Crippen LogP contribution in [-0.2, 0) is 11.3 Å². The molecule has 1 aromatic carbocycles. The van der Waals surface area contributed by atoms with Crippen molar-refractivity contribution in [2.45, 2.75) is 26.3 Å². The van der Waals surface area contributed by atoms with Crippen molar-refractivity contribution >= 4 is 5.91 Å². The Kier molecular flexibility index (Phi) is 3.52. The van der Waals surface area contributed by atoms with Crippen LogP contribution in [0.4, 0.5) is 0 Å². The molecule has 1 N–H and O–H groups in total. The minimum absolute atomic E-state index is 0.163. The summed E-state index contributed by atoms with van der Waals surface area (Å²) in [5, 5.41) is 7.49. The third kappa shape index (κ3) is 2.69. The van der Waals surface area contributed by atoms with Crippen LogP contribution >= 0.6 is 0 Å². The summed E-state index contributed by atoms with van der Waals surface area (Å²) in [6, 6.07) is 8.15. The summed E-state index contributed by atoms with van der Waals surface area (Å²) < 4.78 is 1.87. The number of benzene rings is 1. The average molecular weight is 307 g/mol. The summed E-state index contributed by atoms with van der Waals surface area (Å²) in [5.41, 5.74) is 3.28. The maximum Gasteiger partial charge on any atom is 0.223 e. The van der Waals surface area contributed by atoms with E-state index in [1.54, 1.807) is 0 Å². The maximum absolute atomic E-state index is 12.4. The molecule has 2 aliphatic carbocycles. The first-order valence-electron chi connectivity index (χ1n) is 8.26. The molecule has 23 heavy (non-hydrogen) atoms. The zero-order chi connectivity index (χ0) is 15.8. The van der Waals surface area contributed by atoms with E-state index in [9.17, 15) is 4.79 Å². The van der Waals surface area contributed by atoms with Gasteiger partial charge in [0.15, 0.2) is 0 Å². The zero-order valence-corrected chi connectivity index (χ0v) is 13.3. The topological polar surface area (TPSA) is 46.9 Å². The SMILES string of the molecule is Cc1ccccc1-n1cc(CNC(=O)[C@@H]2C[C@@H]3C=C[C@H]2C3)cn1. The molecule has 2 bridgehead atoms. The van der Waals surface area contributed by atoms with Crippen LogP contribution in [0.5, 0.6) is 0 Å². The van der Waals surface area contributed by atoms with Gasteiger partial charge in [0.25, 0.3) is 0 Å². The molecule has 1 saturated carbocycles. The second-order valence-corrected chi connectivity index (χ2v) is 6.68. The van der Waals surface area contributed by atoms with Crippen molar-refractivity contribution in [1.29, 1.82) is 0 Å². The highest BCUT2D eigenvalue weighted by Gasteiger charge is 2.39. The lowest BCUT2D eigenvalue weighted by Crippen LogP contribution is -2.32. The van der Waals surface area contributed by atoms with Crippen LogP contribution in [0.2, 0.25) is 0 Å². The number of hydrogen-bond acceptors (Lipinski definition) is 2. The van der Waals surface area contributed by atoms with Gasteiger partial charge in [-0.1, -0.05) is 30.4 Å². The molecule has 2 aliphatic rings. The highest BCUT2D eigenvalue weighted by Crippen LogP contribution is 2.43. The van der Waals surface area contributed by atoms with Crippen molar-refractivity contribution < 1.29 is 4.79 Å². The number of fused-ring (bicyclic) bond motifs is 2. The molecule has 4 heteroatoms. The lowest BCUT2D eigenvalue weighted by molar-refractivity contribution is -0.125. The Balaban J connectivity index is 1.40. The van der Waals surface area contributed by atoms with Crippen LogP contribution in [0.15, 0.2) is 48.8 Å². The number of carbonyl (C=O) groups is 1. The van der Waals surface area contributed by atoms with Gasteiger partial charge in [0.2, 0.25) is 5.91 Å². The van der Waals surface area contributed by atoms with Crippen LogP contribution < -0.4 is 5.32 Å². The number of amides is 1. The molecule has 3 atom stereocenters. The zero-order valence-electron chi connectivity index (χ0n) is 13.3. The summed E-state index contributed by atoms with van der Waals surface area (Å²) in [7, 11) is 0. The third-order valence-electron chi connectivity index (χ3n) is 5.08. The van der Waals surface area contributed by atoms with Crippen LogP contribution in [-0.4, -0.2) is 15.7 Å². The highest BCUT2D eigenvalue weighted by molar-refractivity contribution is 5.79. The number of allylic oxidation sites excluding steroid dienone is 2. The van der Waals surface area contributed by atoms with E-state index in [0.717, 1.165) is 24.1 Å². The minimum atomic E-state index is 0.163. The van der Waals surface area contributed by atoms with Crippen LogP contribution in [0, 0.1) is 24.7 Å². The second-order valence-electron chi connectivity index (χ2n) is 6.68. The smallest absolute Gasteiger partial charge is 0.223 e. The summed E-state index contributed by atoms with van der Waals surface area (Å²) in [4.78, 5) is 12.4. The molecule has 4 nitrogen and oxygen atoms in total. The number of hydrogen-bond donors (Lipinski definition) is 1. The Labute approximate surface area is 136 Å². The van der Waals surface area contributed by atoms with Crippen LogP contribution in [0.1, 0.15) is 24.0 Å². The van der Waals surface area contributed by atoms with Crippen molar-refractivity contribution in [2.75, 3.05) is 0 Å². The van der Waals surface area contributed by atoms with Gasteiger partial charge in [-0.15, -0.1) is 0 Å². The Bertz CT molecular complexity index is 761. The largest absolute Gasteiger partial charge is 0.352 e. The van der Waals surface area contributed by atoms with Gasteiger partial charge in [-0.2, -0.15) is 5.10 Å². The van der Waals surface area contributed by atoms with E-state index in [4.69, 9.17) is 0 Å². The first-order chi connectivity index (χ1) is 11.2.